The van der Waals surface area contributed by atoms with Gasteiger partial charge in [-0.3, -0.25) is 9.00 Å². The van der Waals surface area contributed by atoms with Crippen molar-refractivity contribution >= 4 is 34.1 Å². The van der Waals surface area contributed by atoms with Crippen molar-refractivity contribution < 1.29 is 13.5 Å². The molecule has 0 bridgehead atoms. The molecular weight excluding hydrogens is 312 g/mol. The lowest BCUT2D eigenvalue weighted by Gasteiger charge is -2.11. The van der Waals surface area contributed by atoms with Gasteiger partial charge in [0.2, 0.25) is 5.91 Å². The highest BCUT2D eigenvalue weighted by atomic mass is 35.5. The number of aromatic nitrogens is 1. The van der Waals surface area contributed by atoms with Gasteiger partial charge in [-0.1, -0.05) is 35.0 Å². The first-order valence-corrected chi connectivity index (χ1v) is 8.08. The summed E-state index contributed by atoms with van der Waals surface area (Å²) in [6.07, 6.45) is 0. The molecule has 0 spiro atoms. The van der Waals surface area contributed by atoms with E-state index in [4.69, 9.17) is 16.1 Å². The number of carbonyl (C=O) groups excluding carboxylic acids is 1. The van der Waals surface area contributed by atoms with Crippen LogP contribution in [-0.4, -0.2) is 20.5 Å². The number of rotatable bonds is 5. The maximum Gasteiger partial charge on any atom is 0.241 e. The van der Waals surface area contributed by atoms with Crippen LogP contribution in [0.15, 0.2) is 34.9 Å². The van der Waals surface area contributed by atoms with Gasteiger partial charge in [-0.05, 0) is 25.5 Å². The summed E-state index contributed by atoms with van der Waals surface area (Å²) >= 11 is 6.03. The number of anilines is 1. The van der Waals surface area contributed by atoms with Crippen LogP contribution in [0.5, 0.6) is 0 Å². The molecule has 2 atom stereocenters. The Morgan fingerprint density at radius 3 is 2.81 bits per heavy atom. The van der Waals surface area contributed by atoms with E-state index in [1.54, 1.807) is 38.1 Å². The molecule has 1 aromatic heterocycles. The summed E-state index contributed by atoms with van der Waals surface area (Å²) in [5, 5.41) is 6.11. The summed E-state index contributed by atoms with van der Waals surface area (Å²) in [6, 6.07) is 8.75. The van der Waals surface area contributed by atoms with Crippen LogP contribution in [0.3, 0.4) is 0 Å². The number of aryl methyl sites for hydroxylation is 1. The average molecular weight is 327 g/mol. The van der Waals surface area contributed by atoms with Gasteiger partial charge >= 0.3 is 0 Å². The van der Waals surface area contributed by atoms with Crippen LogP contribution in [0.4, 0.5) is 5.82 Å². The second-order valence-corrected chi connectivity index (χ2v) is 6.74. The summed E-state index contributed by atoms with van der Waals surface area (Å²) in [7, 11) is -1.38. The molecule has 0 aliphatic heterocycles. The van der Waals surface area contributed by atoms with Gasteiger partial charge < -0.3 is 9.84 Å². The highest BCUT2D eigenvalue weighted by Crippen LogP contribution is 2.18. The lowest BCUT2D eigenvalue weighted by molar-refractivity contribution is -0.115. The second-order valence-electron chi connectivity index (χ2n) is 4.57. The van der Waals surface area contributed by atoms with E-state index in [9.17, 15) is 9.00 Å². The van der Waals surface area contributed by atoms with Crippen LogP contribution in [-0.2, 0) is 21.3 Å². The maximum atomic E-state index is 12.2. The molecule has 0 radical (unpaired) electrons. The summed E-state index contributed by atoms with van der Waals surface area (Å²) in [4.78, 5) is 12.0. The largest absolute Gasteiger partial charge is 0.360 e. The fourth-order valence-corrected chi connectivity index (χ4v) is 3.05. The molecule has 1 N–H and O–H groups in total. The minimum absolute atomic E-state index is 0.228. The minimum atomic E-state index is -1.38. The lowest BCUT2D eigenvalue weighted by atomic mass is 10.2. The molecule has 7 heteroatoms. The third kappa shape index (κ3) is 4.15. The van der Waals surface area contributed by atoms with Crippen LogP contribution in [0, 0.1) is 6.92 Å². The number of hydrogen-bond acceptors (Lipinski definition) is 4. The molecule has 0 saturated heterocycles. The lowest BCUT2D eigenvalue weighted by Crippen LogP contribution is -2.29. The molecule has 5 nitrogen and oxygen atoms in total. The van der Waals surface area contributed by atoms with Crippen molar-refractivity contribution in [3.63, 3.8) is 0 Å². The fourth-order valence-electron chi connectivity index (χ4n) is 1.67. The van der Waals surface area contributed by atoms with Crippen molar-refractivity contribution in [2.75, 3.05) is 5.32 Å². The zero-order valence-corrected chi connectivity index (χ0v) is 13.2. The second kappa shape index (κ2) is 6.87. The Bertz CT molecular complexity index is 672. The predicted molar refractivity (Wildman–Crippen MR) is 82.6 cm³/mol. The Morgan fingerprint density at radius 2 is 2.19 bits per heavy atom. The molecule has 0 aliphatic rings. The molecule has 0 saturated carbocycles. The molecule has 2 aromatic rings. The molecule has 1 amide bonds. The number of amides is 1. The average Bonchev–Trinajstić information content (AvgIpc) is 2.85. The molecule has 112 valence electrons. The SMILES string of the molecule is Cc1cc(NC(=O)[C@@H](C)[S@](=O)Cc2ccccc2Cl)no1. The Hall–Kier alpha value is -1.66. The van der Waals surface area contributed by atoms with E-state index in [0.717, 1.165) is 5.56 Å². The van der Waals surface area contributed by atoms with E-state index in [1.807, 2.05) is 6.07 Å². The summed E-state index contributed by atoms with van der Waals surface area (Å²) in [5.74, 6) is 0.773. The van der Waals surface area contributed by atoms with Crippen LogP contribution < -0.4 is 5.32 Å². The van der Waals surface area contributed by atoms with Crippen molar-refractivity contribution in [1.82, 2.24) is 5.16 Å². The third-order valence-electron chi connectivity index (χ3n) is 2.90. The number of hydrogen-bond donors (Lipinski definition) is 1. The molecule has 1 aromatic carbocycles. The first kappa shape index (κ1) is 15.7. The maximum absolute atomic E-state index is 12.2. The molecule has 21 heavy (non-hydrogen) atoms. The number of nitrogens with one attached hydrogen (secondary N) is 1. The van der Waals surface area contributed by atoms with Crippen molar-refractivity contribution in [3.8, 4) is 0 Å². The smallest absolute Gasteiger partial charge is 0.241 e. The van der Waals surface area contributed by atoms with Crippen molar-refractivity contribution in [3.05, 3.63) is 46.7 Å². The van der Waals surface area contributed by atoms with E-state index in [2.05, 4.69) is 10.5 Å². The number of carbonyl (C=O) groups is 1. The van der Waals surface area contributed by atoms with Crippen molar-refractivity contribution in [2.45, 2.75) is 24.9 Å². The molecular formula is C14H15ClN2O3S. The van der Waals surface area contributed by atoms with Gasteiger partial charge in [0, 0.05) is 21.9 Å². The molecule has 0 aliphatic carbocycles. The van der Waals surface area contributed by atoms with E-state index in [1.165, 1.54) is 0 Å². The van der Waals surface area contributed by atoms with E-state index in [-0.39, 0.29) is 11.7 Å². The third-order valence-corrected chi connectivity index (χ3v) is 4.87. The Morgan fingerprint density at radius 1 is 1.48 bits per heavy atom. The van der Waals surface area contributed by atoms with E-state index < -0.39 is 16.0 Å². The zero-order chi connectivity index (χ0) is 15.4. The van der Waals surface area contributed by atoms with Gasteiger partial charge in [0.1, 0.15) is 11.0 Å². The monoisotopic (exact) mass is 326 g/mol. The Labute approximate surface area is 130 Å². The van der Waals surface area contributed by atoms with E-state index in [0.29, 0.717) is 16.6 Å². The van der Waals surface area contributed by atoms with Crippen molar-refractivity contribution in [1.29, 1.82) is 0 Å². The van der Waals surface area contributed by atoms with Gasteiger partial charge in [0.05, 0.1) is 5.75 Å². The summed E-state index contributed by atoms with van der Waals surface area (Å²) in [6.45, 7) is 3.33. The Kier molecular flexibility index (Phi) is 5.14. The van der Waals surface area contributed by atoms with Gasteiger partial charge in [-0.25, -0.2) is 0 Å². The van der Waals surface area contributed by atoms with Crippen LogP contribution in [0.25, 0.3) is 0 Å². The standard InChI is InChI=1S/C14H15ClN2O3S/c1-9-7-13(17-20-9)16-14(18)10(2)21(19)8-11-5-3-4-6-12(11)15/h3-7,10H,8H2,1-2H3,(H,16,17,18)/t10-,21-/m1/s1. The minimum Gasteiger partial charge on any atom is -0.360 e. The van der Waals surface area contributed by atoms with E-state index >= 15 is 0 Å². The zero-order valence-electron chi connectivity index (χ0n) is 11.6. The van der Waals surface area contributed by atoms with Crippen LogP contribution >= 0.6 is 11.6 Å². The van der Waals surface area contributed by atoms with Gasteiger partial charge in [-0.15, -0.1) is 0 Å². The summed E-state index contributed by atoms with van der Waals surface area (Å²) < 4.78 is 17.1. The van der Waals surface area contributed by atoms with Crippen LogP contribution in [0.1, 0.15) is 18.2 Å². The van der Waals surface area contributed by atoms with Gasteiger partial charge in [-0.2, -0.15) is 0 Å². The quantitative estimate of drug-likeness (QED) is 0.917. The molecule has 1 heterocycles. The molecule has 2 rings (SSSR count). The van der Waals surface area contributed by atoms with Gasteiger partial charge in [0.15, 0.2) is 5.82 Å². The number of nitrogens with zero attached hydrogens (tertiary/aromatic N) is 1. The first-order chi connectivity index (χ1) is 9.97. The van der Waals surface area contributed by atoms with Crippen molar-refractivity contribution in [2.24, 2.45) is 0 Å². The molecule has 0 unspecified atom stereocenters. The highest BCUT2D eigenvalue weighted by Gasteiger charge is 2.21. The number of halogens is 1. The topological polar surface area (TPSA) is 72.2 Å². The first-order valence-electron chi connectivity index (χ1n) is 6.32. The van der Waals surface area contributed by atoms with Gasteiger partial charge in [0.25, 0.3) is 0 Å². The Balaban J connectivity index is 1.98. The molecule has 0 fully saturated rings. The summed E-state index contributed by atoms with van der Waals surface area (Å²) in [5.41, 5.74) is 0.759. The number of benzene rings is 1. The predicted octanol–water partition coefficient (Wildman–Crippen LogP) is 2.91. The van der Waals surface area contributed by atoms with Crippen LogP contribution in [0.2, 0.25) is 5.02 Å². The normalized spacial score (nSPS) is 13.7. The highest BCUT2D eigenvalue weighted by molar-refractivity contribution is 7.85. The fraction of sp³-hybridized carbons (Fsp3) is 0.286.